The molecule has 0 aliphatic rings. The second kappa shape index (κ2) is 8.26. The van der Waals surface area contributed by atoms with E-state index in [2.05, 4.69) is 41.9 Å². The maximum Gasteiger partial charge on any atom is 0.241 e. The smallest absolute Gasteiger partial charge is 0.241 e. The Labute approximate surface area is 142 Å². The topological polar surface area (TPSA) is 75.3 Å². The second-order valence-corrected chi connectivity index (χ2v) is 8.10. The molecule has 1 atom stereocenters. The van der Waals surface area contributed by atoms with Gasteiger partial charge in [-0.25, -0.2) is 13.1 Å². The van der Waals surface area contributed by atoms with E-state index in [0.717, 1.165) is 10.9 Å². The Morgan fingerprint density at radius 3 is 2.57 bits per heavy atom. The molecule has 0 saturated carbocycles. The summed E-state index contributed by atoms with van der Waals surface area (Å²) >= 11 is 6.48. The Bertz CT molecular complexity index is 605. The molecule has 118 valence electrons. The lowest BCUT2D eigenvalue weighted by Crippen LogP contribution is -2.35. The van der Waals surface area contributed by atoms with Crippen molar-refractivity contribution in [3.05, 3.63) is 27.1 Å². The molecule has 0 aliphatic heterocycles. The van der Waals surface area contributed by atoms with Crippen molar-refractivity contribution in [2.24, 2.45) is 0 Å². The minimum absolute atomic E-state index is 0.0626. The lowest BCUT2D eigenvalue weighted by molar-refractivity contribution is -0.121. The molecular weight excluding hydrogens is 424 g/mol. The Kier molecular flexibility index (Phi) is 7.32. The van der Waals surface area contributed by atoms with Crippen LogP contribution in [0.2, 0.25) is 0 Å². The third-order valence-electron chi connectivity index (χ3n) is 2.85. The van der Waals surface area contributed by atoms with E-state index in [4.69, 9.17) is 0 Å². The standard InChI is InChI=1S/C13H18Br2N2O3S/c1-3-9(2)17-13(18)6-7-16-21(19,20)12-5-4-10(14)8-11(12)15/h4-5,8-9,16H,3,6-7H2,1-2H3,(H,17,18). The van der Waals surface area contributed by atoms with Gasteiger partial charge in [-0.3, -0.25) is 4.79 Å². The highest BCUT2D eigenvalue weighted by atomic mass is 79.9. The summed E-state index contributed by atoms with van der Waals surface area (Å²) in [5.74, 6) is -0.165. The van der Waals surface area contributed by atoms with Gasteiger partial charge in [0.05, 0.1) is 4.90 Å². The molecule has 5 nitrogen and oxygen atoms in total. The van der Waals surface area contributed by atoms with Gasteiger partial charge in [0.1, 0.15) is 0 Å². The average Bonchev–Trinajstić information content (AvgIpc) is 2.37. The van der Waals surface area contributed by atoms with Gasteiger partial charge in [0.15, 0.2) is 0 Å². The quantitative estimate of drug-likeness (QED) is 0.682. The van der Waals surface area contributed by atoms with Crippen LogP contribution >= 0.6 is 31.9 Å². The molecule has 0 aliphatic carbocycles. The number of amides is 1. The molecular formula is C13H18Br2N2O3S. The fraction of sp³-hybridized carbons (Fsp3) is 0.462. The number of halogens is 2. The maximum absolute atomic E-state index is 12.1. The van der Waals surface area contributed by atoms with Gasteiger partial charge < -0.3 is 5.32 Å². The third kappa shape index (κ3) is 6.06. The lowest BCUT2D eigenvalue weighted by atomic mass is 10.2. The molecule has 1 amide bonds. The zero-order valence-electron chi connectivity index (χ0n) is 11.8. The van der Waals surface area contributed by atoms with Crippen LogP contribution in [-0.4, -0.2) is 26.9 Å². The number of hydrogen-bond acceptors (Lipinski definition) is 3. The molecule has 0 heterocycles. The Morgan fingerprint density at radius 2 is 2.00 bits per heavy atom. The first-order valence-electron chi connectivity index (χ1n) is 6.50. The second-order valence-electron chi connectivity index (χ2n) is 4.60. The van der Waals surface area contributed by atoms with Crippen molar-refractivity contribution in [2.75, 3.05) is 6.54 Å². The van der Waals surface area contributed by atoms with Crippen LogP contribution in [0.25, 0.3) is 0 Å². The largest absolute Gasteiger partial charge is 0.354 e. The first-order chi connectivity index (χ1) is 9.76. The van der Waals surface area contributed by atoms with Crippen molar-refractivity contribution in [3.8, 4) is 0 Å². The van der Waals surface area contributed by atoms with Crippen LogP contribution in [0.1, 0.15) is 26.7 Å². The zero-order chi connectivity index (χ0) is 16.0. The number of hydrogen-bond donors (Lipinski definition) is 2. The molecule has 0 spiro atoms. The first kappa shape index (κ1) is 18.6. The fourth-order valence-electron chi connectivity index (χ4n) is 1.52. The average molecular weight is 442 g/mol. The van der Waals surface area contributed by atoms with E-state index in [0.29, 0.717) is 4.47 Å². The minimum atomic E-state index is -3.64. The molecule has 1 rings (SSSR count). The summed E-state index contributed by atoms with van der Waals surface area (Å²) in [4.78, 5) is 11.7. The summed E-state index contributed by atoms with van der Waals surface area (Å²) in [5, 5.41) is 2.79. The Hall–Kier alpha value is -0.440. The summed E-state index contributed by atoms with van der Waals surface area (Å²) in [5.41, 5.74) is 0. The van der Waals surface area contributed by atoms with Crippen LogP contribution in [-0.2, 0) is 14.8 Å². The normalized spacial score (nSPS) is 13.0. The monoisotopic (exact) mass is 440 g/mol. The van der Waals surface area contributed by atoms with Crippen LogP contribution in [0.15, 0.2) is 32.0 Å². The number of sulfonamides is 1. The van der Waals surface area contributed by atoms with Crippen molar-refractivity contribution >= 4 is 47.8 Å². The van der Waals surface area contributed by atoms with Crippen LogP contribution in [0.5, 0.6) is 0 Å². The molecule has 0 radical (unpaired) electrons. The summed E-state index contributed by atoms with van der Waals surface area (Å²) in [6.45, 7) is 3.94. The molecule has 8 heteroatoms. The van der Waals surface area contributed by atoms with Gasteiger partial charge in [-0.15, -0.1) is 0 Å². The van der Waals surface area contributed by atoms with Gasteiger partial charge in [-0.2, -0.15) is 0 Å². The molecule has 1 aromatic rings. The van der Waals surface area contributed by atoms with E-state index >= 15 is 0 Å². The highest BCUT2D eigenvalue weighted by molar-refractivity contribution is 9.11. The van der Waals surface area contributed by atoms with Gasteiger partial charge in [0, 0.05) is 28.0 Å². The van der Waals surface area contributed by atoms with Crippen LogP contribution in [0.3, 0.4) is 0 Å². The van der Waals surface area contributed by atoms with E-state index in [-0.39, 0.29) is 29.8 Å². The predicted molar refractivity (Wildman–Crippen MR) is 89.5 cm³/mol. The Morgan fingerprint density at radius 1 is 1.33 bits per heavy atom. The third-order valence-corrected chi connectivity index (χ3v) is 5.78. The van der Waals surface area contributed by atoms with E-state index in [9.17, 15) is 13.2 Å². The van der Waals surface area contributed by atoms with E-state index in [1.807, 2.05) is 13.8 Å². The van der Waals surface area contributed by atoms with Crippen molar-refractivity contribution in [1.29, 1.82) is 0 Å². The maximum atomic E-state index is 12.1. The summed E-state index contributed by atoms with van der Waals surface area (Å²) < 4.78 is 27.9. The first-order valence-corrected chi connectivity index (χ1v) is 9.57. The van der Waals surface area contributed by atoms with E-state index in [1.165, 1.54) is 6.07 Å². The number of rotatable bonds is 7. The Balaban J connectivity index is 2.60. The van der Waals surface area contributed by atoms with Gasteiger partial charge >= 0.3 is 0 Å². The molecule has 0 aromatic heterocycles. The molecule has 0 fully saturated rings. The van der Waals surface area contributed by atoms with Gasteiger partial charge in [-0.05, 0) is 47.5 Å². The molecule has 0 bridgehead atoms. The lowest BCUT2D eigenvalue weighted by Gasteiger charge is -2.12. The van der Waals surface area contributed by atoms with Gasteiger partial charge in [0.25, 0.3) is 0 Å². The molecule has 0 saturated heterocycles. The number of nitrogens with one attached hydrogen (secondary N) is 2. The molecule has 21 heavy (non-hydrogen) atoms. The van der Waals surface area contributed by atoms with Crippen LogP contribution < -0.4 is 10.0 Å². The van der Waals surface area contributed by atoms with E-state index < -0.39 is 10.0 Å². The predicted octanol–water partition coefficient (Wildman–Crippen LogP) is 2.79. The molecule has 2 N–H and O–H groups in total. The summed E-state index contributed by atoms with van der Waals surface area (Å²) in [6.07, 6.45) is 0.945. The highest BCUT2D eigenvalue weighted by Gasteiger charge is 2.17. The number of carbonyl (C=O) groups excluding carboxylic acids is 1. The number of benzene rings is 1. The highest BCUT2D eigenvalue weighted by Crippen LogP contribution is 2.25. The van der Waals surface area contributed by atoms with Crippen LogP contribution in [0, 0.1) is 0 Å². The summed E-state index contributed by atoms with van der Waals surface area (Å²) in [7, 11) is -3.64. The SMILES string of the molecule is CCC(C)NC(=O)CCNS(=O)(=O)c1ccc(Br)cc1Br. The van der Waals surface area contributed by atoms with Crippen molar-refractivity contribution in [3.63, 3.8) is 0 Å². The zero-order valence-corrected chi connectivity index (χ0v) is 15.8. The van der Waals surface area contributed by atoms with Crippen molar-refractivity contribution < 1.29 is 13.2 Å². The van der Waals surface area contributed by atoms with Gasteiger partial charge in [0.2, 0.25) is 15.9 Å². The minimum Gasteiger partial charge on any atom is -0.354 e. The van der Waals surface area contributed by atoms with Crippen molar-refractivity contribution in [2.45, 2.75) is 37.6 Å². The molecule has 1 unspecified atom stereocenters. The van der Waals surface area contributed by atoms with Crippen LogP contribution in [0.4, 0.5) is 0 Å². The van der Waals surface area contributed by atoms with E-state index in [1.54, 1.807) is 12.1 Å². The fourth-order valence-corrected chi connectivity index (χ4v) is 4.29. The number of carbonyl (C=O) groups is 1. The van der Waals surface area contributed by atoms with Gasteiger partial charge in [-0.1, -0.05) is 22.9 Å². The summed E-state index contributed by atoms with van der Waals surface area (Å²) in [6, 6.07) is 4.89. The molecule has 1 aromatic carbocycles. The van der Waals surface area contributed by atoms with Crippen molar-refractivity contribution in [1.82, 2.24) is 10.0 Å².